The predicted molar refractivity (Wildman–Crippen MR) is 86.3 cm³/mol. The molecule has 1 saturated heterocycles. The van der Waals surface area contributed by atoms with Crippen molar-refractivity contribution >= 4 is 34.7 Å². The van der Waals surface area contributed by atoms with Crippen molar-refractivity contribution in [3.05, 3.63) is 0 Å². The Morgan fingerprint density at radius 2 is 2.05 bits per heavy atom. The summed E-state index contributed by atoms with van der Waals surface area (Å²) in [5.41, 5.74) is -0.502. The molecule has 6 nitrogen and oxygen atoms in total. The Morgan fingerprint density at radius 1 is 1.38 bits per heavy atom. The summed E-state index contributed by atoms with van der Waals surface area (Å²) in [5, 5.41) is 3.16. The Morgan fingerprint density at radius 3 is 2.62 bits per heavy atom. The molecule has 0 aromatic heterocycles. The average molecular weight is 413 g/mol. The lowest BCUT2D eigenvalue weighted by molar-refractivity contribution is -0.158. The number of ether oxygens (including phenoxy) is 3. The molecule has 1 aliphatic rings. The fraction of sp³-hybridized carbons (Fsp3) is 0.857. The zero-order valence-electron chi connectivity index (χ0n) is 13.0. The number of hydrogen-bond donors (Lipinski definition) is 1. The highest BCUT2D eigenvalue weighted by Crippen LogP contribution is 2.24. The number of halogens is 1. The number of carbonyl (C=O) groups is 2. The van der Waals surface area contributed by atoms with E-state index in [2.05, 4.69) is 5.32 Å². The Hall–Kier alpha value is -0.570. The van der Waals surface area contributed by atoms with Crippen LogP contribution in [0.2, 0.25) is 0 Å². The predicted octanol–water partition coefficient (Wildman–Crippen LogP) is 2.63. The van der Waals surface area contributed by atoms with Crippen molar-refractivity contribution in [1.82, 2.24) is 5.32 Å². The molecule has 3 unspecified atom stereocenters. The summed E-state index contributed by atoms with van der Waals surface area (Å²) in [6.07, 6.45) is 0.489. The standard InChI is InChI=1S/C14H24INO5/c1-9(20-13(18)19-8-15)10-5-6-16-11(7-10)12(17)21-14(2,3)4/h9-11,16H,5-8H2,1-4H3. The summed E-state index contributed by atoms with van der Waals surface area (Å²) in [4.78, 5) is 23.4. The third-order valence-corrected chi connectivity index (χ3v) is 3.57. The Kier molecular flexibility index (Phi) is 7.19. The molecule has 1 rings (SSSR count). The van der Waals surface area contributed by atoms with Gasteiger partial charge in [0.25, 0.3) is 0 Å². The highest BCUT2D eigenvalue weighted by atomic mass is 127. The molecule has 1 aliphatic heterocycles. The van der Waals surface area contributed by atoms with E-state index in [0.29, 0.717) is 13.0 Å². The van der Waals surface area contributed by atoms with Crippen molar-refractivity contribution in [1.29, 1.82) is 0 Å². The SMILES string of the molecule is CC(OC(=O)OCI)C1CCNC(C(=O)OC(C)(C)C)C1. The van der Waals surface area contributed by atoms with Gasteiger partial charge in [0.15, 0.2) is 0 Å². The molecule has 0 aliphatic carbocycles. The van der Waals surface area contributed by atoms with Gasteiger partial charge >= 0.3 is 12.1 Å². The summed E-state index contributed by atoms with van der Waals surface area (Å²) in [5.74, 6) is -0.139. The van der Waals surface area contributed by atoms with Gasteiger partial charge in [-0.15, -0.1) is 0 Å². The molecule has 0 radical (unpaired) electrons. The summed E-state index contributed by atoms with van der Waals surface area (Å²) < 4.78 is 15.6. The molecule has 7 heteroatoms. The molecule has 1 fully saturated rings. The zero-order chi connectivity index (χ0) is 16.0. The lowest BCUT2D eigenvalue weighted by Crippen LogP contribution is -2.48. The Labute approximate surface area is 139 Å². The number of hydrogen-bond acceptors (Lipinski definition) is 6. The first kappa shape index (κ1) is 18.5. The lowest BCUT2D eigenvalue weighted by atomic mass is 9.88. The molecule has 0 amide bonds. The smallest absolute Gasteiger partial charge is 0.459 e. The van der Waals surface area contributed by atoms with Gasteiger partial charge in [0.1, 0.15) is 22.4 Å². The van der Waals surface area contributed by atoms with Gasteiger partial charge in [-0.25, -0.2) is 4.79 Å². The Balaban J connectivity index is 2.51. The number of carbonyl (C=O) groups excluding carboxylic acids is 2. The highest BCUT2D eigenvalue weighted by Gasteiger charge is 2.34. The van der Waals surface area contributed by atoms with Gasteiger partial charge in [0.05, 0.1) is 0 Å². The van der Waals surface area contributed by atoms with Crippen LogP contribution in [0.1, 0.15) is 40.5 Å². The van der Waals surface area contributed by atoms with Crippen molar-refractivity contribution in [2.24, 2.45) is 5.92 Å². The van der Waals surface area contributed by atoms with Crippen LogP contribution < -0.4 is 5.32 Å². The van der Waals surface area contributed by atoms with E-state index in [1.165, 1.54) is 0 Å². The molecule has 0 bridgehead atoms. The van der Waals surface area contributed by atoms with E-state index in [9.17, 15) is 9.59 Å². The van der Waals surface area contributed by atoms with Crippen LogP contribution in [0.25, 0.3) is 0 Å². The van der Waals surface area contributed by atoms with Crippen molar-refractivity contribution < 1.29 is 23.8 Å². The third kappa shape index (κ3) is 6.82. The maximum absolute atomic E-state index is 12.1. The van der Waals surface area contributed by atoms with E-state index in [1.807, 2.05) is 50.3 Å². The van der Waals surface area contributed by atoms with Crippen LogP contribution in [0, 0.1) is 5.92 Å². The van der Waals surface area contributed by atoms with Crippen LogP contribution in [0.4, 0.5) is 4.79 Å². The number of nitrogens with one attached hydrogen (secondary N) is 1. The van der Waals surface area contributed by atoms with E-state index in [1.54, 1.807) is 0 Å². The lowest BCUT2D eigenvalue weighted by Gasteiger charge is -2.33. The summed E-state index contributed by atoms with van der Waals surface area (Å²) in [7, 11) is 0. The third-order valence-electron chi connectivity index (χ3n) is 3.25. The van der Waals surface area contributed by atoms with Gasteiger partial charge in [-0.2, -0.15) is 0 Å². The Bertz CT molecular complexity index is 369. The van der Waals surface area contributed by atoms with E-state index < -0.39 is 11.8 Å². The minimum atomic E-state index is -0.663. The zero-order valence-corrected chi connectivity index (χ0v) is 15.1. The first-order chi connectivity index (χ1) is 9.73. The van der Waals surface area contributed by atoms with E-state index in [-0.39, 0.29) is 28.6 Å². The van der Waals surface area contributed by atoms with Crippen molar-refractivity contribution in [3.63, 3.8) is 0 Å². The number of piperidine rings is 1. The first-order valence-electron chi connectivity index (χ1n) is 7.08. The van der Waals surface area contributed by atoms with Crippen LogP contribution in [-0.4, -0.2) is 41.0 Å². The number of alkyl halides is 1. The summed E-state index contributed by atoms with van der Waals surface area (Å²) in [6.45, 7) is 8.06. The molecule has 21 heavy (non-hydrogen) atoms. The highest BCUT2D eigenvalue weighted by molar-refractivity contribution is 14.1. The van der Waals surface area contributed by atoms with Crippen molar-refractivity contribution in [2.75, 3.05) is 11.2 Å². The maximum atomic E-state index is 12.1. The normalized spacial score (nSPS) is 24.0. The van der Waals surface area contributed by atoms with Gasteiger partial charge in [-0.05, 0) is 75.6 Å². The number of esters is 1. The average Bonchev–Trinajstić information content (AvgIpc) is 2.37. The summed E-state index contributed by atoms with van der Waals surface area (Å²) in [6, 6.07) is -0.352. The van der Waals surface area contributed by atoms with Crippen LogP contribution >= 0.6 is 22.6 Å². The molecule has 1 N–H and O–H groups in total. The molecular weight excluding hydrogens is 389 g/mol. The quantitative estimate of drug-likeness (QED) is 0.434. The van der Waals surface area contributed by atoms with Gasteiger partial charge < -0.3 is 19.5 Å². The van der Waals surface area contributed by atoms with Gasteiger partial charge in [-0.1, -0.05) is 0 Å². The molecule has 0 aromatic carbocycles. The molecule has 0 saturated carbocycles. The van der Waals surface area contributed by atoms with Crippen LogP contribution in [0.5, 0.6) is 0 Å². The molecule has 1 heterocycles. The van der Waals surface area contributed by atoms with Gasteiger partial charge in [0.2, 0.25) is 0 Å². The van der Waals surface area contributed by atoms with Gasteiger partial charge in [-0.3, -0.25) is 4.79 Å². The molecule has 122 valence electrons. The minimum absolute atomic E-state index is 0.116. The summed E-state index contributed by atoms with van der Waals surface area (Å²) >= 11 is 1.93. The van der Waals surface area contributed by atoms with E-state index >= 15 is 0 Å². The second-order valence-corrected chi connectivity index (χ2v) is 6.77. The molecule has 0 spiro atoms. The van der Waals surface area contributed by atoms with Crippen molar-refractivity contribution in [3.8, 4) is 0 Å². The van der Waals surface area contributed by atoms with Crippen molar-refractivity contribution in [2.45, 2.75) is 58.3 Å². The van der Waals surface area contributed by atoms with E-state index in [4.69, 9.17) is 14.2 Å². The maximum Gasteiger partial charge on any atom is 0.509 e. The van der Waals surface area contributed by atoms with Gasteiger partial charge in [0, 0.05) is 0 Å². The fourth-order valence-corrected chi connectivity index (χ4v) is 2.51. The van der Waals surface area contributed by atoms with Crippen LogP contribution in [-0.2, 0) is 19.0 Å². The van der Waals surface area contributed by atoms with Crippen LogP contribution in [0.15, 0.2) is 0 Å². The minimum Gasteiger partial charge on any atom is -0.459 e. The second kappa shape index (κ2) is 8.17. The van der Waals surface area contributed by atoms with E-state index in [0.717, 1.165) is 6.42 Å². The van der Waals surface area contributed by atoms with Crippen LogP contribution in [0.3, 0.4) is 0 Å². The monoisotopic (exact) mass is 413 g/mol. The first-order valence-corrected chi connectivity index (χ1v) is 8.61. The fourth-order valence-electron chi connectivity index (χ4n) is 2.25. The second-order valence-electron chi connectivity index (χ2n) is 6.15. The molecule has 0 aromatic rings. The molecular formula is C14H24INO5. The topological polar surface area (TPSA) is 73.9 Å². The largest absolute Gasteiger partial charge is 0.509 e. The number of rotatable bonds is 4. The molecule has 3 atom stereocenters.